The van der Waals surface area contributed by atoms with Gasteiger partial charge >= 0.3 is 0 Å². The highest BCUT2D eigenvalue weighted by Gasteiger charge is 2.14. The van der Waals surface area contributed by atoms with Crippen molar-refractivity contribution in [3.63, 3.8) is 0 Å². The maximum absolute atomic E-state index is 6.43. The third kappa shape index (κ3) is 3.15. The molecule has 94 valence electrons. The van der Waals surface area contributed by atoms with Gasteiger partial charge in [-0.1, -0.05) is 17.7 Å². The lowest BCUT2D eigenvalue weighted by Crippen LogP contribution is -1.99. The molecule has 1 atom stereocenters. The van der Waals surface area contributed by atoms with Crippen LogP contribution >= 0.6 is 23.2 Å². The Labute approximate surface area is 117 Å². The summed E-state index contributed by atoms with van der Waals surface area (Å²) in [5.41, 5.74) is 2.09. The van der Waals surface area contributed by atoms with Crippen LogP contribution in [0.3, 0.4) is 0 Å². The monoisotopic (exact) mass is 281 g/mol. The Morgan fingerprint density at radius 3 is 2.61 bits per heavy atom. The second kappa shape index (κ2) is 6.07. The first-order valence-electron chi connectivity index (χ1n) is 5.57. The fourth-order valence-electron chi connectivity index (χ4n) is 1.78. The van der Waals surface area contributed by atoms with E-state index in [4.69, 9.17) is 27.9 Å². The number of rotatable bonds is 4. The predicted molar refractivity (Wildman–Crippen MR) is 74.5 cm³/mol. The first-order chi connectivity index (χ1) is 8.70. The summed E-state index contributed by atoms with van der Waals surface area (Å²) in [4.78, 5) is 3.99. The molecule has 0 aliphatic heterocycles. The fourth-order valence-corrected chi connectivity index (χ4v) is 2.30. The molecule has 0 amide bonds. The van der Waals surface area contributed by atoms with Gasteiger partial charge in [0.25, 0.3) is 0 Å². The van der Waals surface area contributed by atoms with Crippen molar-refractivity contribution in [1.82, 2.24) is 4.98 Å². The summed E-state index contributed by atoms with van der Waals surface area (Å²) < 4.78 is 5.30. The number of aromatic nitrogens is 1. The van der Waals surface area contributed by atoms with Gasteiger partial charge in [0.05, 0.1) is 12.5 Å². The largest absolute Gasteiger partial charge is 0.496 e. The van der Waals surface area contributed by atoms with Crippen molar-refractivity contribution >= 4 is 23.2 Å². The number of alkyl halides is 1. The molecular weight excluding hydrogens is 269 g/mol. The second-order valence-electron chi connectivity index (χ2n) is 3.91. The van der Waals surface area contributed by atoms with Gasteiger partial charge < -0.3 is 4.74 Å². The number of pyridine rings is 1. The SMILES string of the molecule is COc1cc(Cl)ccc1C(Cl)Cc1ccncc1. The molecule has 2 nitrogen and oxygen atoms in total. The van der Waals surface area contributed by atoms with Gasteiger partial charge in [-0.15, -0.1) is 11.6 Å². The van der Waals surface area contributed by atoms with Crippen LogP contribution in [-0.4, -0.2) is 12.1 Å². The molecule has 1 aromatic heterocycles. The lowest BCUT2D eigenvalue weighted by Gasteiger charge is -2.14. The van der Waals surface area contributed by atoms with Crippen LogP contribution in [0.15, 0.2) is 42.7 Å². The van der Waals surface area contributed by atoms with E-state index in [9.17, 15) is 0 Å². The molecule has 0 spiro atoms. The summed E-state index contributed by atoms with van der Waals surface area (Å²) in [5, 5.41) is 0.489. The molecule has 0 fully saturated rings. The van der Waals surface area contributed by atoms with Gasteiger partial charge in [-0.2, -0.15) is 0 Å². The van der Waals surface area contributed by atoms with Gasteiger partial charge in [0.15, 0.2) is 0 Å². The first-order valence-corrected chi connectivity index (χ1v) is 6.38. The van der Waals surface area contributed by atoms with E-state index in [0.29, 0.717) is 5.02 Å². The average Bonchev–Trinajstić information content (AvgIpc) is 2.39. The lowest BCUT2D eigenvalue weighted by atomic mass is 10.0. The van der Waals surface area contributed by atoms with Crippen LogP contribution in [-0.2, 0) is 6.42 Å². The number of hydrogen-bond acceptors (Lipinski definition) is 2. The second-order valence-corrected chi connectivity index (χ2v) is 4.88. The third-order valence-corrected chi connectivity index (χ3v) is 3.32. The van der Waals surface area contributed by atoms with Gasteiger partial charge in [0.2, 0.25) is 0 Å². The molecule has 0 N–H and O–H groups in total. The summed E-state index contributed by atoms with van der Waals surface area (Å²) in [7, 11) is 1.62. The minimum atomic E-state index is -0.153. The van der Waals surface area contributed by atoms with Crippen molar-refractivity contribution < 1.29 is 4.74 Å². The predicted octanol–water partition coefficient (Wildman–Crippen LogP) is 4.27. The molecule has 0 saturated heterocycles. The number of methoxy groups -OCH3 is 1. The third-order valence-electron chi connectivity index (χ3n) is 2.70. The normalized spacial score (nSPS) is 12.2. The molecule has 0 bridgehead atoms. The van der Waals surface area contributed by atoms with Gasteiger partial charge in [-0.3, -0.25) is 4.98 Å². The van der Waals surface area contributed by atoms with Crippen LogP contribution in [0.25, 0.3) is 0 Å². The smallest absolute Gasteiger partial charge is 0.125 e. The van der Waals surface area contributed by atoms with Crippen molar-refractivity contribution in [2.75, 3.05) is 7.11 Å². The molecular formula is C14H13Cl2NO. The van der Waals surface area contributed by atoms with Crippen LogP contribution < -0.4 is 4.74 Å². The average molecular weight is 282 g/mol. The molecule has 0 saturated carbocycles. The highest BCUT2D eigenvalue weighted by atomic mass is 35.5. The topological polar surface area (TPSA) is 22.1 Å². The number of ether oxygens (including phenoxy) is 1. The molecule has 0 aliphatic carbocycles. The van der Waals surface area contributed by atoms with E-state index in [1.54, 1.807) is 25.6 Å². The van der Waals surface area contributed by atoms with Gasteiger partial charge in [-0.05, 0) is 36.2 Å². The highest BCUT2D eigenvalue weighted by molar-refractivity contribution is 6.30. The first kappa shape index (κ1) is 13.2. The zero-order chi connectivity index (χ0) is 13.0. The van der Waals surface area contributed by atoms with E-state index in [-0.39, 0.29) is 5.38 Å². The number of benzene rings is 1. The number of hydrogen-bond donors (Lipinski definition) is 0. The Morgan fingerprint density at radius 1 is 1.22 bits per heavy atom. The minimum absolute atomic E-state index is 0.153. The van der Waals surface area contributed by atoms with E-state index >= 15 is 0 Å². The Kier molecular flexibility index (Phi) is 4.45. The van der Waals surface area contributed by atoms with Gasteiger partial charge in [0, 0.05) is 23.0 Å². The van der Waals surface area contributed by atoms with E-state index in [1.807, 2.05) is 24.3 Å². The summed E-state index contributed by atoms with van der Waals surface area (Å²) in [6.45, 7) is 0. The number of nitrogens with zero attached hydrogens (tertiary/aromatic N) is 1. The molecule has 1 aromatic carbocycles. The maximum atomic E-state index is 6.43. The van der Waals surface area contributed by atoms with E-state index in [2.05, 4.69) is 4.98 Å². The molecule has 1 heterocycles. The quantitative estimate of drug-likeness (QED) is 0.781. The molecule has 1 unspecified atom stereocenters. The molecule has 2 rings (SSSR count). The minimum Gasteiger partial charge on any atom is -0.496 e. The fraction of sp³-hybridized carbons (Fsp3) is 0.214. The van der Waals surface area contributed by atoms with Crippen molar-refractivity contribution in [2.45, 2.75) is 11.8 Å². The van der Waals surface area contributed by atoms with Crippen molar-refractivity contribution in [3.05, 3.63) is 58.9 Å². The molecule has 0 aliphatic rings. The Balaban J connectivity index is 2.21. The Bertz CT molecular complexity index is 516. The zero-order valence-electron chi connectivity index (χ0n) is 9.94. The Hall–Kier alpha value is -1.25. The maximum Gasteiger partial charge on any atom is 0.125 e. The highest BCUT2D eigenvalue weighted by Crippen LogP contribution is 2.34. The molecule has 2 aromatic rings. The standard InChI is InChI=1S/C14H13Cl2NO/c1-18-14-9-11(15)2-3-12(14)13(16)8-10-4-6-17-7-5-10/h2-7,9,13H,8H2,1H3. The Morgan fingerprint density at radius 2 is 1.94 bits per heavy atom. The van der Waals surface area contributed by atoms with Crippen LogP contribution in [0.5, 0.6) is 5.75 Å². The van der Waals surface area contributed by atoms with Crippen LogP contribution in [0, 0.1) is 0 Å². The summed E-state index contributed by atoms with van der Waals surface area (Å²) in [5.74, 6) is 0.719. The van der Waals surface area contributed by atoms with Crippen molar-refractivity contribution in [2.24, 2.45) is 0 Å². The van der Waals surface area contributed by atoms with Crippen molar-refractivity contribution in [3.8, 4) is 5.75 Å². The zero-order valence-corrected chi connectivity index (χ0v) is 11.4. The van der Waals surface area contributed by atoms with E-state index in [0.717, 1.165) is 23.3 Å². The van der Waals surface area contributed by atoms with Crippen LogP contribution in [0.2, 0.25) is 5.02 Å². The van der Waals surface area contributed by atoms with Crippen LogP contribution in [0.1, 0.15) is 16.5 Å². The summed E-state index contributed by atoms with van der Waals surface area (Å²) in [6.07, 6.45) is 4.25. The van der Waals surface area contributed by atoms with Gasteiger partial charge in [0.1, 0.15) is 5.75 Å². The molecule has 4 heteroatoms. The summed E-state index contributed by atoms with van der Waals surface area (Å²) >= 11 is 12.4. The lowest BCUT2D eigenvalue weighted by molar-refractivity contribution is 0.409. The van der Waals surface area contributed by atoms with Crippen LogP contribution in [0.4, 0.5) is 0 Å². The van der Waals surface area contributed by atoms with E-state index < -0.39 is 0 Å². The number of halogens is 2. The summed E-state index contributed by atoms with van der Waals surface area (Å²) in [6, 6.07) is 9.41. The van der Waals surface area contributed by atoms with Gasteiger partial charge in [-0.25, -0.2) is 0 Å². The molecule has 18 heavy (non-hydrogen) atoms. The van der Waals surface area contributed by atoms with E-state index in [1.165, 1.54) is 0 Å². The molecule has 0 radical (unpaired) electrons. The van der Waals surface area contributed by atoms with Crippen molar-refractivity contribution in [1.29, 1.82) is 0 Å².